The van der Waals surface area contributed by atoms with E-state index in [1.165, 1.54) is 12.4 Å². The van der Waals surface area contributed by atoms with Crippen molar-refractivity contribution in [3.05, 3.63) is 47.7 Å². The molecule has 0 radical (unpaired) electrons. The zero-order valence-corrected chi connectivity index (χ0v) is 12.9. The lowest BCUT2D eigenvalue weighted by Crippen LogP contribution is -2.11. The van der Waals surface area contributed by atoms with Crippen LogP contribution in [0, 0.1) is 0 Å². The third-order valence-electron chi connectivity index (χ3n) is 3.21. The monoisotopic (exact) mass is 330 g/mol. The van der Waals surface area contributed by atoms with Crippen molar-refractivity contribution in [2.75, 3.05) is 18.5 Å². The number of fused-ring (bicyclic) bond motifs is 1. The summed E-state index contributed by atoms with van der Waals surface area (Å²) in [6.07, 6.45) is 1.47. The minimum absolute atomic E-state index is 0.0248. The Morgan fingerprint density at radius 2 is 2.09 bits per heavy atom. The van der Waals surface area contributed by atoms with E-state index in [0.29, 0.717) is 30.4 Å². The van der Waals surface area contributed by atoms with E-state index in [9.17, 15) is 5.11 Å². The highest BCUT2D eigenvalue weighted by atomic mass is 35.5. The molecular formula is C16H15ClN4O2. The van der Waals surface area contributed by atoms with E-state index in [1.807, 2.05) is 18.2 Å². The molecule has 2 aromatic carbocycles. The predicted octanol–water partition coefficient (Wildman–Crippen LogP) is 3.07. The van der Waals surface area contributed by atoms with Gasteiger partial charge in [-0.15, -0.1) is 0 Å². The number of nitrogens with two attached hydrogens (primary N) is 1. The minimum atomic E-state index is 0.0248. The Balaban J connectivity index is 2.04. The third-order valence-corrected chi connectivity index (χ3v) is 3.51. The molecule has 118 valence electrons. The molecule has 7 heteroatoms. The van der Waals surface area contributed by atoms with Crippen molar-refractivity contribution in [3.8, 4) is 11.5 Å². The lowest BCUT2D eigenvalue weighted by Gasteiger charge is -2.13. The van der Waals surface area contributed by atoms with Crippen LogP contribution in [0.2, 0.25) is 5.02 Å². The van der Waals surface area contributed by atoms with Gasteiger partial charge in [0.1, 0.15) is 30.3 Å². The summed E-state index contributed by atoms with van der Waals surface area (Å²) in [6, 6.07) is 10.4. The van der Waals surface area contributed by atoms with Crippen LogP contribution in [0.15, 0.2) is 42.7 Å². The van der Waals surface area contributed by atoms with Gasteiger partial charge in [-0.3, -0.25) is 0 Å². The maximum atomic E-state index is 9.51. The topological polar surface area (TPSA) is 93.3 Å². The number of hydrogen-bond donors (Lipinski definition) is 3. The largest absolute Gasteiger partial charge is 0.506 e. The van der Waals surface area contributed by atoms with Gasteiger partial charge in [0.05, 0.1) is 15.9 Å². The Labute approximate surface area is 137 Å². The van der Waals surface area contributed by atoms with Crippen LogP contribution in [0.4, 0.5) is 11.5 Å². The molecule has 0 aliphatic rings. The van der Waals surface area contributed by atoms with Crippen LogP contribution in [0.1, 0.15) is 0 Å². The molecule has 3 rings (SSSR count). The SMILES string of the molecule is NCCOc1cccc2ncnc(Nc3ccc(O)c(Cl)c3)c12. The Hall–Kier alpha value is -2.57. The molecule has 1 heterocycles. The molecule has 0 saturated carbocycles. The maximum absolute atomic E-state index is 9.51. The number of ether oxygens (including phenoxy) is 1. The number of benzene rings is 2. The van der Waals surface area contributed by atoms with Gasteiger partial charge in [-0.1, -0.05) is 17.7 Å². The molecule has 4 N–H and O–H groups in total. The Kier molecular flexibility index (Phi) is 4.45. The molecule has 0 atom stereocenters. The molecule has 3 aromatic rings. The molecule has 23 heavy (non-hydrogen) atoms. The molecule has 0 fully saturated rings. The summed E-state index contributed by atoms with van der Waals surface area (Å²) in [4.78, 5) is 8.54. The van der Waals surface area contributed by atoms with Gasteiger partial charge < -0.3 is 20.9 Å². The van der Waals surface area contributed by atoms with Gasteiger partial charge in [0, 0.05) is 12.2 Å². The van der Waals surface area contributed by atoms with Crippen LogP contribution in [-0.4, -0.2) is 28.2 Å². The highest BCUT2D eigenvalue weighted by molar-refractivity contribution is 6.32. The molecule has 0 amide bonds. The second-order valence-electron chi connectivity index (χ2n) is 4.80. The summed E-state index contributed by atoms with van der Waals surface area (Å²) in [6.45, 7) is 0.818. The molecular weight excluding hydrogens is 316 g/mol. The first-order chi connectivity index (χ1) is 11.2. The third kappa shape index (κ3) is 3.28. The number of nitrogens with one attached hydrogen (secondary N) is 1. The fourth-order valence-electron chi connectivity index (χ4n) is 2.18. The number of phenols is 1. The standard InChI is InChI=1S/C16H15ClN4O2/c17-11-8-10(4-5-13(11)22)21-16-15-12(19-9-20-16)2-1-3-14(15)23-7-6-18/h1-5,8-9,22H,6-7,18H2,(H,19,20,21). The van der Waals surface area contributed by atoms with Crippen LogP contribution < -0.4 is 15.8 Å². The average Bonchev–Trinajstić information content (AvgIpc) is 2.56. The maximum Gasteiger partial charge on any atom is 0.145 e. The number of hydrogen-bond acceptors (Lipinski definition) is 6. The van der Waals surface area contributed by atoms with E-state index in [-0.39, 0.29) is 10.8 Å². The van der Waals surface area contributed by atoms with Crippen molar-refractivity contribution in [2.45, 2.75) is 0 Å². The van der Waals surface area contributed by atoms with Crippen LogP contribution in [0.3, 0.4) is 0 Å². The molecule has 0 aliphatic carbocycles. The normalized spacial score (nSPS) is 10.7. The number of aromatic nitrogens is 2. The summed E-state index contributed by atoms with van der Waals surface area (Å²) in [5.41, 5.74) is 6.95. The first-order valence-corrected chi connectivity index (χ1v) is 7.39. The quantitative estimate of drug-likeness (QED) is 0.622. The summed E-state index contributed by atoms with van der Waals surface area (Å²) < 4.78 is 5.68. The van der Waals surface area contributed by atoms with Crippen LogP contribution in [0.5, 0.6) is 11.5 Å². The molecule has 0 unspecified atom stereocenters. The number of rotatable bonds is 5. The molecule has 6 nitrogen and oxygen atoms in total. The fourth-order valence-corrected chi connectivity index (χ4v) is 2.36. The molecule has 1 aromatic heterocycles. The number of phenolic OH excluding ortho intramolecular Hbond substituents is 1. The van der Waals surface area contributed by atoms with Crippen molar-refractivity contribution < 1.29 is 9.84 Å². The van der Waals surface area contributed by atoms with Crippen molar-refractivity contribution in [1.82, 2.24) is 9.97 Å². The van der Waals surface area contributed by atoms with Crippen molar-refractivity contribution in [3.63, 3.8) is 0 Å². The Bertz CT molecular complexity index is 836. The molecule has 0 bridgehead atoms. The van der Waals surface area contributed by atoms with Crippen molar-refractivity contribution >= 4 is 34.0 Å². The molecule has 0 spiro atoms. The Morgan fingerprint density at radius 1 is 1.22 bits per heavy atom. The molecule has 0 aliphatic heterocycles. The van der Waals surface area contributed by atoms with Gasteiger partial charge in [0.15, 0.2) is 0 Å². The summed E-state index contributed by atoms with van der Waals surface area (Å²) in [5.74, 6) is 1.27. The number of nitrogens with zero attached hydrogens (tertiary/aromatic N) is 2. The van der Waals surface area contributed by atoms with Gasteiger partial charge in [-0.05, 0) is 30.3 Å². The smallest absolute Gasteiger partial charge is 0.145 e. The highest BCUT2D eigenvalue weighted by Gasteiger charge is 2.11. The van der Waals surface area contributed by atoms with Crippen molar-refractivity contribution in [2.24, 2.45) is 5.73 Å². The van der Waals surface area contributed by atoms with E-state index < -0.39 is 0 Å². The van der Waals surface area contributed by atoms with Gasteiger partial charge in [0.2, 0.25) is 0 Å². The summed E-state index contributed by atoms with van der Waals surface area (Å²) >= 11 is 5.94. The van der Waals surface area contributed by atoms with Crippen LogP contribution >= 0.6 is 11.6 Å². The van der Waals surface area contributed by atoms with E-state index in [4.69, 9.17) is 22.1 Å². The average molecular weight is 331 g/mol. The van der Waals surface area contributed by atoms with E-state index in [2.05, 4.69) is 15.3 Å². The molecule has 0 saturated heterocycles. The summed E-state index contributed by atoms with van der Waals surface area (Å²) in [5, 5.41) is 13.7. The highest BCUT2D eigenvalue weighted by Crippen LogP contribution is 2.33. The lowest BCUT2D eigenvalue weighted by atomic mass is 10.2. The van der Waals surface area contributed by atoms with Gasteiger partial charge >= 0.3 is 0 Å². The van der Waals surface area contributed by atoms with Gasteiger partial charge in [0.25, 0.3) is 0 Å². The number of aromatic hydroxyl groups is 1. The fraction of sp³-hybridized carbons (Fsp3) is 0.125. The number of halogens is 1. The van der Waals surface area contributed by atoms with E-state index in [1.54, 1.807) is 12.1 Å². The lowest BCUT2D eigenvalue weighted by molar-refractivity contribution is 0.332. The van der Waals surface area contributed by atoms with Crippen molar-refractivity contribution in [1.29, 1.82) is 0 Å². The zero-order valence-electron chi connectivity index (χ0n) is 12.2. The zero-order chi connectivity index (χ0) is 16.2. The second kappa shape index (κ2) is 6.68. The first-order valence-electron chi connectivity index (χ1n) is 7.01. The predicted molar refractivity (Wildman–Crippen MR) is 90.5 cm³/mol. The Morgan fingerprint density at radius 3 is 2.87 bits per heavy atom. The minimum Gasteiger partial charge on any atom is -0.506 e. The van der Waals surface area contributed by atoms with Gasteiger partial charge in [-0.25, -0.2) is 9.97 Å². The second-order valence-corrected chi connectivity index (χ2v) is 5.21. The van der Waals surface area contributed by atoms with Crippen LogP contribution in [-0.2, 0) is 0 Å². The van der Waals surface area contributed by atoms with E-state index in [0.717, 1.165) is 10.9 Å². The van der Waals surface area contributed by atoms with Crippen LogP contribution in [0.25, 0.3) is 10.9 Å². The summed E-state index contributed by atoms with van der Waals surface area (Å²) in [7, 11) is 0. The first kappa shape index (κ1) is 15.3. The number of anilines is 2. The van der Waals surface area contributed by atoms with Gasteiger partial charge in [-0.2, -0.15) is 0 Å². The van der Waals surface area contributed by atoms with E-state index >= 15 is 0 Å².